The van der Waals surface area contributed by atoms with Crippen molar-refractivity contribution in [2.24, 2.45) is 0 Å². The molecule has 0 fully saturated rings. The quantitative estimate of drug-likeness (QED) is 0.835. The largest absolute Gasteiger partial charge is 0.495 e. The van der Waals surface area contributed by atoms with Gasteiger partial charge in [-0.25, -0.2) is 4.98 Å². The normalized spacial score (nSPS) is 12.2. The van der Waals surface area contributed by atoms with Crippen LogP contribution in [-0.2, 0) is 6.54 Å². The first-order valence-electron chi connectivity index (χ1n) is 6.30. The van der Waals surface area contributed by atoms with Crippen LogP contribution in [0.1, 0.15) is 18.7 Å². The van der Waals surface area contributed by atoms with E-state index in [-0.39, 0.29) is 12.6 Å². The minimum atomic E-state index is -0.209. The molecule has 5 heteroatoms. The summed E-state index contributed by atoms with van der Waals surface area (Å²) in [6.45, 7) is 2.85. The Bertz CT molecular complexity index is 525. The molecule has 0 spiro atoms. The molecule has 5 nitrogen and oxygen atoms in total. The number of hydrogen-bond donors (Lipinski definition) is 2. The number of benzene rings is 1. The number of aromatic nitrogens is 2. The second-order valence-electron chi connectivity index (χ2n) is 4.18. The van der Waals surface area contributed by atoms with Gasteiger partial charge < -0.3 is 19.7 Å². The first kappa shape index (κ1) is 13.4. The Labute approximate surface area is 112 Å². The monoisotopic (exact) mass is 261 g/mol. The van der Waals surface area contributed by atoms with Gasteiger partial charge in [0.2, 0.25) is 0 Å². The summed E-state index contributed by atoms with van der Waals surface area (Å²) in [5, 5.41) is 12.9. The lowest BCUT2D eigenvalue weighted by Crippen LogP contribution is -2.18. The zero-order chi connectivity index (χ0) is 13.7. The third-order valence-corrected chi connectivity index (χ3v) is 3.06. The lowest BCUT2D eigenvalue weighted by molar-refractivity contribution is 0.271. The van der Waals surface area contributed by atoms with Crippen molar-refractivity contribution in [1.82, 2.24) is 9.55 Å². The van der Waals surface area contributed by atoms with E-state index >= 15 is 0 Å². The molecule has 19 heavy (non-hydrogen) atoms. The van der Waals surface area contributed by atoms with Gasteiger partial charge in [0.15, 0.2) is 0 Å². The maximum atomic E-state index is 9.60. The molecular weight excluding hydrogens is 242 g/mol. The number of nitrogens with zero attached hydrogens (tertiary/aromatic N) is 2. The highest BCUT2D eigenvalue weighted by molar-refractivity contribution is 5.57. The molecular formula is C14H19N3O2. The zero-order valence-electron chi connectivity index (χ0n) is 11.2. The standard InChI is InChI=1S/C14H19N3O2/c1-3-17-10-15-8-13(17)12(9-18)16-11-6-4-5-7-14(11)19-2/h4-8,10,12,16,18H,3,9H2,1-2H3. The predicted octanol–water partition coefficient (Wildman–Crippen LogP) is 2.06. The molecule has 0 radical (unpaired) electrons. The minimum Gasteiger partial charge on any atom is -0.495 e. The molecule has 0 aliphatic heterocycles. The van der Waals surface area contributed by atoms with Gasteiger partial charge in [0, 0.05) is 6.54 Å². The van der Waals surface area contributed by atoms with E-state index < -0.39 is 0 Å². The van der Waals surface area contributed by atoms with Crippen molar-refractivity contribution in [2.45, 2.75) is 19.5 Å². The first-order chi connectivity index (χ1) is 9.30. The molecule has 0 amide bonds. The predicted molar refractivity (Wildman–Crippen MR) is 74.3 cm³/mol. The van der Waals surface area contributed by atoms with Crippen molar-refractivity contribution in [1.29, 1.82) is 0 Å². The molecule has 0 saturated carbocycles. The van der Waals surface area contributed by atoms with Gasteiger partial charge in [0.1, 0.15) is 5.75 Å². The smallest absolute Gasteiger partial charge is 0.141 e. The summed E-state index contributed by atoms with van der Waals surface area (Å²) >= 11 is 0. The fourth-order valence-electron chi connectivity index (χ4n) is 2.05. The van der Waals surface area contributed by atoms with Crippen LogP contribution in [-0.4, -0.2) is 28.4 Å². The lowest BCUT2D eigenvalue weighted by atomic mass is 10.2. The summed E-state index contributed by atoms with van der Waals surface area (Å²) in [6, 6.07) is 7.44. The van der Waals surface area contributed by atoms with Crippen molar-refractivity contribution in [3.8, 4) is 5.75 Å². The number of aryl methyl sites for hydroxylation is 1. The van der Waals surface area contributed by atoms with Crippen LogP contribution in [0.15, 0.2) is 36.8 Å². The third kappa shape index (κ3) is 2.88. The number of hydrogen-bond acceptors (Lipinski definition) is 4. The Morgan fingerprint density at radius 2 is 2.21 bits per heavy atom. The molecule has 1 atom stereocenters. The van der Waals surface area contributed by atoms with Gasteiger partial charge in [-0.05, 0) is 19.1 Å². The molecule has 1 aromatic heterocycles. The second-order valence-corrected chi connectivity index (χ2v) is 4.18. The summed E-state index contributed by atoms with van der Waals surface area (Å²) in [5.74, 6) is 0.753. The second kappa shape index (κ2) is 6.24. The van der Waals surface area contributed by atoms with E-state index in [0.717, 1.165) is 23.7 Å². The van der Waals surface area contributed by atoms with Crippen LogP contribution in [0.5, 0.6) is 5.75 Å². The molecule has 1 heterocycles. The number of nitrogens with one attached hydrogen (secondary N) is 1. The van der Waals surface area contributed by atoms with E-state index in [1.807, 2.05) is 35.8 Å². The van der Waals surface area contributed by atoms with Gasteiger partial charge in [-0.1, -0.05) is 12.1 Å². The van der Waals surface area contributed by atoms with Crippen molar-refractivity contribution in [3.05, 3.63) is 42.5 Å². The molecule has 0 aliphatic rings. The first-order valence-corrected chi connectivity index (χ1v) is 6.30. The number of anilines is 1. The van der Waals surface area contributed by atoms with Crippen LogP contribution >= 0.6 is 0 Å². The van der Waals surface area contributed by atoms with Crippen molar-refractivity contribution in [3.63, 3.8) is 0 Å². The maximum absolute atomic E-state index is 9.60. The van der Waals surface area contributed by atoms with Crippen LogP contribution in [0.3, 0.4) is 0 Å². The molecule has 102 valence electrons. The highest BCUT2D eigenvalue weighted by atomic mass is 16.5. The lowest BCUT2D eigenvalue weighted by Gasteiger charge is -2.20. The van der Waals surface area contributed by atoms with Crippen LogP contribution in [0.4, 0.5) is 5.69 Å². The number of aliphatic hydroxyl groups excluding tert-OH is 1. The summed E-state index contributed by atoms with van der Waals surface area (Å²) in [5.41, 5.74) is 1.81. The molecule has 0 saturated heterocycles. The Balaban J connectivity index is 2.24. The van der Waals surface area contributed by atoms with Crippen molar-refractivity contribution in [2.75, 3.05) is 19.0 Å². The van der Waals surface area contributed by atoms with Crippen LogP contribution in [0.2, 0.25) is 0 Å². The van der Waals surface area contributed by atoms with Gasteiger partial charge >= 0.3 is 0 Å². The van der Waals surface area contributed by atoms with Gasteiger partial charge in [-0.15, -0.1) is 0 Å². The highest BCUT2D eigenvalue weighted by Gasteiger charge is 2.16. The third-order valence-electron chi connectivity index (χ3n) is 3.06. The van der Waals surface area contributed by atoms with Crippen molar-refractivity contribution < 1.29 is 9.84 Å². The van der Waals surface area contributed by atoms with E-state index in [1.54, 1.807) is 19.6 Å². The maximum Gasteiger partial charge on any atom is 0.141 e. The number of ether oxygens (including phenoxy) is 1. The van der Waals surface area contributed by atoms with E-state index in [0.29, 0.717) is 0 Å². The number of imidazole rings is 1. The minimum absolute atomic E-state index is 0.0102. The highest BCUT2D eigenvalue weighted by Crippen LogP contribution is 2.27. The van der Waals surface area contributed by atoms with Gasteiger partial charge in [-0.2, -0.15) is 0 Å². The van der Waals surface area contributed by atoms with Crippen LogP contribution in [0.25, 0.3) is 0 Å². The summed E-state index contributed by atoms with van der Waals surface area (Å²) in [7, 11) is 1.63. The van der Waals surface area contributed by atoms with Gasteiger partial charge in [0.05, 0.1) is 43.7 Å². The number of rotatable bonds is 6. The fourth-order valence-corrected chi connectivity index (χ4v) is 2.05. The SMILES string of the molecule is CCn1cncc1C(CO)Nc1ccccc1OC. The number of aliphatic hydroxyl groups is 1. The summed E-state index contributed by atoms with van der Waals surface area (Å²) in [6.07, 6.45) is 3.54. The molecule has 2 aromatic rings. The molecule has 0 bridgehead atoms. The van der Waals surface area contributed by atoms with E-state index in [9.17, 15) is 5.11 Å². The topological polar surface area (TPSA) is 59.3 Å². The molecule has 1 aromatic carbocycles. The van der Waals surface area contributed by atoms with Gasteiger partial charge in [0.25, 0.3) is 0 Å². The number of para-hydroxylation sites is 2. The van der Waals surface area contributed by atoms with E-state index in [2.05, 4.69) is 10.3 Å². The summed E-state index contributed by atoms with van der Waals surface area (Å²) < 4.78 is 7.30. The average molecular weight is 261 g/mol. The molecule has 0 aliphatic carbocycles. The zero-order valence-corrected chi connectivity index (χ0v) is 11.2. The Kier molecular flexibility index (Phi) is 4.41. The fraction of sp³-hybridized carbons (Fsp3) is 0.357. The van der Waals surface area contributed by atoms with E-state index in [4.69, 9.17) is 4.74 Å². The molecule has 2 rings (SSSR count). The molecule has 1 unspecified atom stereocenters. The van der Waals surface area contributed by atoms with E-state index in [1.165, 1.54) is 0 Å². The van der Waals surface area contributed by atoms with Gasteiger partial charge in [-0.3, -0.25) is 0 Å². The Hall–Kier alpha value is -2.01. The number of methoxy groups -OCH3 is 1. The Morgan fingerprint density at radius 1 is 1.42 bits per heavy atom. The van der Waals surface area contributed by atoms with Crippen LogP contribution < -0.4 is 10.1 Å². The van der Waals surface area contributed by atoms with Crippen LogP contribution in [0, 0.1) is 0 Å². The Morgan fingerprint density at radius 3 is 2.89 bits per heavy atom. The van der Waals surface area contributed by atoms with Crippen molar-refractivity contribution >= 4 is 5.69 Å². The average Bonchev–Trinajstić information content (AvgIpc) is 2.93. The summed E-state index contributed by atoms with van der Waals surface area (Å²) in [4.78, 5) is 4.13. The molecule has 2 N–H and O–H groups in total.